The third-order valence-electron chi connectivity index (χ3n) is 2.32. The van der Waals surface area contributed by atoms with E-state index in [1.165, 1.54) is 0 Å². The molecule has 0 aromatic carbocycles. The molecule has 1 rings (SSSR count). The van der Waals surface area contributed by atoms with Crippen molar-refractivity contribution < 1.29 is 14.6 Å². The Morgan fingerprint density at radius 1 is 1.54 bits per heavy atom. The molecule has 1 fully saturated rings. The molecular formula is C8H18ClNO3. The van der Waals surface area contributed by atoms with Crippen LogP contribution in [0.1, 0.15) is 13.3 Å². The molecule has 5 heteroatoms. The van der Waals surface area contributed by atoms with Crippen molar-refractivity contribution in [2.45, 2.75) is 37.9 Å². The van der Waals surface area contributed by atoms with Gasteiger partial charge >= 0.3 is 0 Å². The molecule has 4 atom stereocenters. The lowest BCUT2D eigenvalue weighted by molar-refractivity contribution is -0.209. The quantitative estimate of drug-likeness (QED) is 0.682. The highest BCUT2D eigenvalue weighted by Gasteiger charge is 2.34. The highest BCUT2D eigenvalue weighted by molar-refractivity contribution is 5.85. The van der Waals surface area contributed by atoms with E-state index in [0.717, 1.165) is 0 Å². The molecule has 4 nitrogen and oxygen atoms in total. The molecule has 1 aliphatic rings. The maximum atomic E-state index is 9.62. The largest absolute Gasteiger partial charge is 0.391 e. The third-order valence-corrected chi connectivity index (χ3v) is 2.32. The molecule has 0 bridgehead atoms. The zero-order valence-electron chi connectivity index (χ0n) is 8.19. The predicted molar refractivity (Wildman–Crippen MR) is 52.1 cm³/mol. The predicted octanol–water partition coefficient (Wildman–Crippen LogP) is 0.138. The van der Waals surface area contributed by atoms with Gasteiger partial charge in [0.15, 0.2) is 6.29 Å². The zero-order chi connectivity index (χ0) is 9.14. The van der Waals surface area contributed by atoms with Crippen LogP contribution in [0.25, 0.3) is 0 Å². The van der Waals surface area contributed by atoms with Gasteiger partial charge in [-0.1, -0.05) is 0 Å². The van der Waals surface area contributed by atoms with Crippen molar-refractivity contribution in [2.75, 3.05) is 14.2 Å². The summed E-state index contributed by atoms with van der Waals surface area (Å²) in [7, 11) is 3.41. The van der Waals surface area contributed by atoms with Crippen LogP contribution in [0, 0.1) is 0 Å². The topological polar surface area (TPSA) is 50.7 Å². The SMILES string of the molecule is CN[C@H]1[C@@H](O)C[C@H](OC)O[C@@H]1C.Cl. The van der Waals surface area contributed by atoms with Crippen LogP contribution >= 0.6 is 12.4 Å². The van der Waals surface area contributed by atoms with E-state index in [2.05, 4.69) is 5.32 Å². The van der Waals surface area contributed by atoms with Crippen LogP contribution < -0.4 is 5.32 Å². The van der Waals surface area contributed by atoms with Gasteiger partial charge in [0.05, 0.1) is 18.2 Å². The first-order valence-electron chi connectivity index (χ1n) is 4.22. The second-order valence-corrected chi connectivity index (χ2v) is 3.12. The molecule has 13 heavy (non-hydrogen) atoms. The normalized spacial score (nSPS) is 39.7. The van der Waals surface area contributed by atoms with Crippen molar-refractivity contribution in [3.63, 3.8) is 0 Å². The number of nitrogens with one attached hydrogen (secondary N) is 1. The highest BCUT2D eigenvalue weighted by Crippen LogP contribution is 2.19. The van der Waals surface area contributed by atoms with Crippen molar-refractivity contribution in [1.82, 2.24) is 5.32 Å². The molecule has 0 aromatic rings. The fraction of sp³-hybridized carbons (Fsp3) is 1.00. The summed E-state index contributed by atoms with van der Waals surface area (Å²) in [6.45, 7) is 1.93. The van der Waals surface area contributed by atoms with Crippen LogP contribution in [0.3, 0.4) is 0 Å². The van der Waals surface area contributed by atoms with Crippen LogP contribution in [0.2, 0.25) is 0 Å². The second kappa shape index (κ2) is 5.78. The van der Waals surface area contributed by atoms with Gasteiger partial charge < -0.3 is 19.9 Å². The van der Waals surface area contributed by atoms with Gasteiger partial charge in [-0.3, -0.25) is 0 Å². The van der Waals surface area contributed by atoms with Crippen molar-refractivity contribution in [2.24, 2.45) is 0 Å². The molecule has 2 N–H and O–H groups in total. The zero-order valence-corrected chi connectivity index (χ0v) is 9.00. The number of likely N-dealkylation sites (N-methyl/N-ethyl adjacent to an activating group) is 1. The van der Waals surface area contributed by atoms with Gasteiger partial charge in [0.1, 0.15) is 0 Å². The number of ether oxygens (including phenoxy) is 2. The number of hydrogen-bond acceptors (Lipinski definition) is 4. The van der Waals surface area contributed by atoms with E-state index in [9.17, 15) is 5.11 Å². The van der Waals surface area contributed by atoms with Crippen molar-refractivity contribution in [3.8, 4) is 0 Å². The van der Waals surface area contributed by atoms with E-state index in [1.54, 1.807) is 7.11 Å². The molecule has 80 valence electrons. The van der Waals surface area contributed by atoms with Crippen molar-refractivity contribution >= 4 is 12.4 Å². The van der Waals surface area contributed by atoms with Gasteiger partial charge in [0.25, 0.3) is 0 Å². The van der Waals surface area contributed by atoms with Crippen molar-refractivity contribution in [3.05, 3.63) is 0 Å². The molecule has 0 radical (unpaired) electrons. The minimum atomic E-state index is -0.385. The van der Waals surface area contributed by atoms with E-state index in [1.807, 2.05) is 14.0 Å². The molecule has 1 heterocycles. The lowest BCUT2D eigenvalue weighted by Gasteiger charge is -2.37. The number of rotatable bonds is 2. The molecule has 1 aliphatic heterocycles. The first-order valence-corrected chi connectivity index (χ1v) is 4.22. The molecule has 0 saturated carbocycles. The monoisotopic (exact) mass is 211 g/mol. The smallest absolute Gasteiger partial charge is 0.160 e. The first kappa shape index (κ1) is 13.1. The van der Waals surface area contributed by atoms with Gasteiger partial charge in [-0.2, -0.15) is 0 Å². The molecule has 0 unspecified atom stereocenters. The summed E-state index contributed by atoms with van der Waals surface area (Å²) in [5.41, 5.74) is 0. The van der Waals surface area contributed by atoms with Gasteiger partial charge in [0.2, 0.25) is 0 Å². The van der Waals surface area contributed by atoms with Gasteiger partial charge in [0, 0.05) is 13.5 Å². The number of halogens is 1. The van der Waals surface area contributed by atoms with E-state index in [4.69, 9.17) is 9.47 Å². The Kier molecular flexibility index (Phi) is 5.83. The van der Waals surface area contributed by atoms with Gasteiger partial charge in [-0.25, -0.2) is 0 Å². The maximum Gasteiger partial charge on any atom is 0.160 e. The Bertz CT molecular complexity index is 135. The van der Waals surface area contributed by atoms with Crippen LogP contribution in [0.4, 0.5) is 0 Å². The number of methoxy groups -OCH3 is 1. The van der Waals surface area contributed by atoms with Crippen molar-refractivity contribution in [1.29, 1.82) is 0 Å². The Morgan fingerprint density at radius 3 is 2.54 bits per heavy atom. The van der Waals surface area contributed by atoms with Crippen LogP contribution in [0.5, 0.6) is 0 Å². The van der Waals surface area contributed by atoms with Crippen LogP contribution in [-0.4, -0.2) is 43.8 Å². The molecule has 0 aromatic heterocycles. The summed E-state index contributed by atoms with van der Waals surface area (Å²) in [4.78, 5) is 0. The highest BCUT2D eigenvalue weighted by atomic mass is 35.5. The third kappa shape index (κ3) is 3.07. The molecule has 0 amide bonds. The van der Waals surface area contributed by atoms with E-state index in [-0.39, 0.29) is 36.9 Å². The average Bonchev–Trinajstić information content (AvgIpc) is 2.03. The lowest BCUT2D eigenvalue weighted by atomic mass is 10.00. The standard InChI is InChI=1S/C8H17NO3.ClH/c1-5-8(9-2)6(10)4-7(11-3)12-5;/h5-10H,4H2,1-3H3;1H/t5-,6+,7-,8-;/m1./s1. The molecule has 0 spiro atoms. The summed E-state index contributed by atoms with van der Waals surface area (Å²) >= 11 is 0. The van der Waals surface area contributed by atoms with E-state index >= 15 is 0 Å². The average molecular weight is 212 g/mol. The molecular weight excluding hydrogens is 194 g/mol. The number of aliphatic hydroxyl groups is 1. The molecule has 0 aliphatic carbocycles. The Hall–Kier alpha value is 0.130. The maximum absolute atomic E-state index is 9.62. The Morgan fingerprint density at radius 2 is 2.15 bits per heavy atom. The summed E-state index contributed by atoms with van der Waals surface area (Å²) in [5, 5.41) is 12.6. The minimum Gasteiger partial charge on any atom is -0.391 e. The lowest BCUT2D eigenvalue weighted by Crippen LogP contribution is -2.53. The fourth-order valence-electron chi connectivity index (χ4n) is 1.62. The summed E-state index contributed by atoms with van der Waals surface area (Å²) in [6.07, 6.45) is -0.126. The van der Waals surface area contributed by atoms with Gasteiger partial charge in [-0.05, 0) is 14.0 Å². The minimum absolute atomic E-state index is 0. The van der Waals surface area contributed by atoms with E-state index in [0.29, 0.717) is 6.42 Å². The number of hydrogen-bond donors (Lipinski definition) is 2. The van der Waals surface area contributed by atoms with E-state index < -0.39 is 0 Å². The molecule has 1 saturated heterocycles. The fourth-order valence-corrected chi connectivity index (χ4v) is 1.62. The second-order valence-electron chi connectivity index (χ2n) is 3.12. The van der Waals surface area contributed by atoms with Crippen LogP contribution in [0.15, 0.2) is 0 Å². The van der Waals surface area contributed by atoms with Gasteiger partial charge in [-0.15, -0.1) is 12.4 Å². The summed E-state index contributed by atoms with van der Waals surface area (Å²) in [5.74, 6) is 0. The Balaban J connectivity index is 0.00000144. The van der Waals surface area contributed by atoms with Crippen LogP contribution in [-0.2, 0) is 9.47 Å². The first-order chi connectivity index (χ1) is 5.69. The summed E-state index contributed by atoms with van der Waals surface area (Å²) in [6, 6.07) is 0.0106. The number of aliphatic hydroxyl groups excluding tert-OH is 1. The Labute approximate surface area is 85.0 Å². The summed E-state index contributed by atoms with van der Waals surface area (Å²) < 4.78 is 10.5.